The van der Waals surface area contributed by atoms with Crippen molar-refractivity contribution in [3.63, 3.8) is 0 Å². The van der Waals surface area contributed by atoms with Gasteiger partial charge in [-0.3, -0.25) is 4.57 Å². The Morgan fingerprint density at radius 1 is 1.24 bits per heavy atom. The number of carbonyl (C=O) groups is 1. The number of aromatic nitrogens is 2. The van der Waals surface area contributed by atoms with Gasteiger partial charge in [0.1, 0.15) is 0 Å². The van der Waals surface area contributed by atoms with E-state index < -0.39 is 5.97 Å². The van der Waals surface area contributed by atoms with Crippen molar-refractivity contribution in [2.75, 3.05) is 0 Å². The molecule has 0 aliphatic rings. The molecule has 0 saturated heterocycles. The summed E-state index contributed by atoms with van der Waals surface area (Å²) in [6.45, 7) is 0.409. The molecule has 0 spiro atoms. The SMILES string of the molecule is O=C(O)c1ccc2c(c1)[nH]c(=O)n2Cc1ccccc1Br. The Labute approximate surface area is 128 Å². The number of halogens is 1. The van der Waals surface area contributed by atoms with Crippen molar-refractivity contribution in [3.8, 4) is 0 Å². The van der Waals surface area contributed by atoms with E-state index in [4.69, 9.17) is 5.11 Å². The first-order chi connectivity index (χ1) is 10.1. The standard InChI is InChI=1S/C15H11BrN2O3/c16-11-4-2-1-3-10(11)8-18-13-6-5-9(14(19)20)7-12(13)17-15(18)21/h1-7H,8H2,(H,17,21)(H,19,20). The molecule has 2 N–H and O–H groups in total. The third-order valence-electron chi connectivity index (χ3n) is 3.31. The number of rotatable bonds is 3. The molecule has 3 aromatic rings. The van der Waals surface area contributed by atoms with E-state index >= 15 is 0 Å². The van der Waals surface area contributed by atoms with Gasteiger partial charge in [-0.05, 0) is 29.8 Å². The number of hydrogen-bond acceptors (Lipinski definition) is 2. The van der Waals surface area contributed by atoms with Gasteiger partial charge in [-0.25, -0.2) is 9.59 Å². The first-order valence-electron chi connectivity index (χ1n) is 6.25. The van der Waals surface area contributed by atoms with Gasteiger partial charge in [0.2, 0.25) is 0 Å². The number of fused-ring (bicyclic) bond motifs is 1. The molecule has 6 heteroatoms. The number of carboxylic acid groups (broad SMARTS) is 1. The normalized spacial score (nSPS) is 10.9. The van der Waals surface area contributed by atoms with Crippen LogP contribution in [0.25, 0.3) is 11.0 Å². The fourth-order valence-corrected chi connectivity index (χ4v) is 2.66. The lowest BCUT2D eigenvalue weighted by Gasteiger charge is -2.06. The first kappa shape index (κ1) is 13.6. The Hall–Kier alpha value is -2.34. The number of aromatic amines is 1. The Morgan fingerprint density at radius 2 is 2.00 bits per heavy atom. The molecule has 2 aromatic carbocycles. The highest BCUT2D eigenvalue weighted by Crippen LogP contribution is 2.19. The lowest BCUT2D eigenvalue weighted by Crippen LogP contribution is -2.17. The zero-order valence-corrected chi connectivity index (χ0v) is 12.4. The summed E-state index contributed by atoms with van der Waals surface area (Å²) < 4.78 is 2.51. The van der Waals surface area contributed by atoms with Gasteiger partial charge in [0, 0.05) is 4.47 Å². The van der Waals surface area contributed by atoms with Gasteiger partial charge in [-0.15, -0.1) is 0 Å². The van der Waals surface area contributed by atoms with Gasteiger partial charge in [-0.2, -0.15) is 0 Å². The van der Waals surface area contributed by atoms with Crippen molar-refractivity contribution in [1.82, 2.24) is 9.55 Å². The van der Waals surface area contributed by atoms with Crippen molar-refractivity contribution < 1.29 is 9.90 Å². The summed E-state index contributed by atoms with van der Waals surface area (Å²) in [5, 5.41) is 8.99. The highest BCUT2D eigenvalue weighted by atomic mass is 79.9. The van der Waals surface area contributed by atoms with Crippen molar-refractivity contribution in [2.24, 2.45) is 0 Å². The van der Waals surface area contributed by atoms with Gasteiger partial charge in [0.15, 0.2) is 0 Å². The smallest absolute Gasteiger partial charge is 0.335 e. The molecule has 3 rings (SSSR count). The molecule has 0 unspecified atom stereocenters. The molecule has 106 valence electrons. The van der Waals surface area contributed by atoms with E-state index in [2.05, 4.69) is 20.9 Å². The third-order valence-corrected chi connectivity index (χ3v) is 4.08. The molecule has 0 aliphatic heterocycles. The molecule has 0 bridgehead atoms. The molecule has 0 aliphatic carbocycles. The number of hydrogen-bond donors (Lipinski definition) is 2. The second kappa shape index (κ2) is 5.21. The number of aromatic carboxylic acids is 1. The highest BCUT2D eigenvalue weighted by molar-refractivity contribution is 9.10. The molecule has 21 heavy (non-hydrogen) atoms. The number of nitrogens with zero attached hydrogens (tertiary/aromatic N) is 1. The first-order valence-corrected chi connectivity index (χ1v) is 7.05. The highest BCUT2D eigenvalue weighted by Gasteiger charge is 2.11. The van der Waals surface area contributed by atoms with Gasteiger partial charge >= 0.3 is 11.7 Å². The van der Waals surface area contributed by atoms with Crippen LogP contribution in [0.2, 0.25) is 0 Å². The zero-order valence-electron chi connectivity index (χ0n) is 10.8. The van der Waals surface area contributed by atoms with Crippen LogP contribution in [0.15, 0.2) is 51.7 Å². The summed E-state index contributed by atoms with van der Waals surface area (Å²) >= 11 is 3.46. The Bertz CT molecular complexity index is 895. The maximum absolute atomic E-state index is 12.1. The Balaban J connectivity index is 2.11. The minimum atomic E-state index is -1.02. The van der Waals surface area contributed by atoms with Gasteiger partial charge in [0.05, 0.1) is 23.1 Å². The van der Waals surface area contributed by atoms with Crippen molar-refractivity contribution >= 4 is 32.9 Å². The topological polar surface area (TPSA) is 75.1 Å². The van der Waals surface area contributed by atoms with Crippen molar-refractivity contribution in [2.45, 2.75) is 6.54 Å². The second-order valence-electron chi connectivity index (χ2n) is 4.64. The summed E-state index contributed by atoms with van der Waals surface area (Å²) in [5.74, 6) is -1.02. The summed E-state index contributed by atoms with van der Waals surface area (Å²) in [6, 6.07) is 12.3. The summed E-state index contributed by atoms with van der Waals surface area (Å²) in [6.07, 6.45) is 0. The summed E-state index contributed by atoms with van der Waals surface area (Å²) in [5.41, 5.74) is 2.07. The largest absolute Gasteiger partial charge is 0.478 e. The van der Waals surface area contributed by atoms with Crippen LogP contribution in [0.5, 0.6) is 0 Å². The van der Waals surface area contributed by atoms with E-state index in [9.17, 15) is 9.59 Å². The summed E-state index contributed by atoms with van der Waals surface area (Å²) in [4.78, 5) is 25.7. The van der Waals surface area contributed by atoms with Gasteiger partial charge in [-0.1, -0.05) is 34.1 Å². The number of nitrogens with one attached hydrogen (secondary N) is 1. The maximum atomic E-state index is 12.1. The number of imidazole rings is 1. The predicted molar refractivity (Wildman–Crippen MR) is 82.8 cm³/mol. The fraction of sp³-hybridized carbons (Fsp3) is 0.0667. The lowest BCUT2D eigenvalue weighted by molar-refractivity contribution is 0.0697. The molecule has 0 atom stereocenters. The average molecular weight is 347 g/mol. The number of H-pyrrole nitrogens is 1. The molecule has 0 fully saturated rings. The number of carboxylic acids is 1. The van der Waals surface area contributed by atoms with E-state index in [-0.39, 0.29) is 11.3 Å². The molecule has 0 radical (unpaired) electrons. The van der Waals surface area contributed by atoms with E-state index in [0.717, 1.165) is 10.0 Å². The number of benzene rings is 2. The third kappa shape index (κ3) is 2.50. The van der Waals surface area contributed by atoms with Crippen LogP contribution >= 0.6 is 15.9 Å². The average Bonchev–Trinajstić information content (AvgIpc) is 2.76. The zero-order chi connectivity index (χ0) is 15.0. The van der Waals surface area contributed by atoms with Crippen LogP contribution in [0.4, 0.5) is 0 Å². The molecular weight excluding hydrogens is 336 g/mol. The van der Waals surface area contributed by atoms with Crippen LogP contribution < -0.4 is 5.69 Å². The Morgan fingerprint density at radius 3 is 2.71 bits per heavy atom. The van der Waals surface area contributed by atoms with Crippen molar-refractivity contribution in [3.05, 3.63) is 68.5 Å². The fourth-order valence-electron chi connectivity index (χ4n) is 2.25. The molecule has 1 aromatic heterocycles. The Kier molecular flexibility index (Phi) is 3.39. The van der Waals surface area contributed by atoms with Crippen LogP contribution in [0, 0.1) is 0 Å². The van der Waals surface area contributed by atoms with E-state index in [1.54, 1.807) is 10.6 Å². The lowest BCUT2D eigenvalue weighted by atomic mass is 10.2. The van der Waals surface area contributed by atoms with Crippen LogP contribution in [0.1, 0.15) is 15.9 Å². The second-order valence-corrected chi connectivity index (χ2v) is 5.50. The van der Waals surface area contributed by atoms with Gasteiger partial charge < -0.3 is 10.1 Å². The monoisotopic (exact) mass is 346 g/mol. The maximum Gasteiger partial charge on any atom is 0.335 e. The van der Waals surface area contributed by atoms with Crippen LogP contribution in [-0.4, -0.2) is 20.6 Å². The molecular formula is C15H11BrN2O3. The quantitative estimate of drug-likeness (QED) is 0.765. The molecule has 5 nitrogen and oxygen atoms in total. The molecule has 0 amide bonds. The van der Waals surface area contributed by atoms with E-state index in [0.29, 0.717) is 17.6 Å². The predicted octanol–water partition coefficient (Wildman–Crippen LogP) is 2.84. The van der Waals surface area contributed by atoms with Crippen LogP contribution in [0.3, 0.4) is 0 Å². The van der Waals surface area contributed by atoms with E-state index in [1.165, 1.54) is 12.1 Å². The van der Waals surface area contributed by atoms with E-state index in [1.807, 2.05) is 24.3 Å². The molecule has 0 saturated carbocycles. The van der Waals surface area contributed by atoms with Crippen molar-refractivity contribution in [1.29, 1.82) is 0 Å². The van der Waals surface area contributed by atoms with Crippen LogP contribution in [-0.2, 0) is 6.54 Å². The van der Waals surface area contributed by atoms with Gasteiger partial charge in [0.25, 0.3) is 0 Å². The minimum Gasteiger partial charge on any atom is -0.478 e. The molecule has 1 heterocycles. The minimum absolute atomic E-state index is 0.150. The summed E-state index contributed by atoms with van der Waals surface area (Å²) in [7, 11) is 0.